The van der Waals surface area contributed by atoms with Gasteiger partial charge in [0.25, 0.3) is 5.91 Å². The Morgan fingerprint density at radius 2 is 1.35 bits per heavy atom. The largest absolute Gasteiger partial charge is 0.352 e. The number of nitrogens with one attached hydrogen (secondary N) is 1. The lowest BCUT2D eigenvalue weighted by atomic mass is 10.0. The second-order valence-electron chi connectivity index (χ2n) is 9.84. The van der Waals surface area contributed by atoms with Crippen LogP contribution >= 0.6 is 15.9 Å². The molecule has 1 unspecified atom stereocenters. The van der Waals surface area contributed by atoms with Crippen LogP contribution in [0.2, 0.25) is 0 Å². The number of Topliss-reactive ketones (excluding diaryl/α,β-unsaturated/α-hetero) is 1. The van der Waals surface area contributed by atoms with E-state index in [2.05, 4.69) is 42.0 Å². The number of carbonyl (C=O) groups is 4. The van der Waals surface area contributed by atoms with Gasteiger partial charge in [-0.15, -0.1) is 0 Å². The van der Waals surface area contributed by atoms with Gasteiger partial charge in [0.05, 0.1) is 0 Å². The number of aldehydes is 1. The highest BCUT2D eigenvalue weighted by atomic mass is 79.9. The maximum Gasteiger partial charge on any atom is 0.324 e. The Balaban J connectivity index is -0.000000482. The molecule has 0 radical (unpaired) electrons. The molecule has 0 aromatic heterocycles. The van der Waals surface area contributed by atoms with Crippen LogP contribution in [0.4, 0.5) is 10.5 Å². The van der Waals surface area contributed by atoms with E-state index in [1.165, 1.54) is 12.8 Å². The number of halogens is 1. The first kappa shape index (κ1) is 51.8. The molecular formula is C40H70BrN3O4. The minimum absolute atomic E-state index is 0.0318. The number of hydrogen-bond donors (Lipinski definition) is 1. The van der Waals surface area contributed by atoms with Crippen molar-refractivity contribution in [3.05, 3.63) is 64.1 Å². The van der Waals surface area contributed by atoms with Gasteiger partial charge in [0.2, 0.25) is 0 Å². The van der Waals surface area contributed by atoms with Gasteiger partial charge < -0.3 is 19.8 Å². The Bertz CT molecular complexity index is 1060. The van der Waals surface area contributed by atoms with E-state index in [1.807, 2.05) is 105 Å². The number of anilines is 1. The number of nitrogens with zero attached hydrogens (tertiary/aromatic N) is 2. The summed E-state index contributed by atoms with van der Waals surface area (Å²) in [5, 5.41) is 2.95. The number of rotatable bonds is 11. The molecule has 1 heterocycles. The molecule has 1 atom stereocenters. The van der Waals surface area contributed by atoms with Crippen molar-refractivity contribution >= 4 is 45.6 Å². The summed E-state index contributed by atoms with van der Waals surface area (Å²) in [6.45, 7) is 27.8. The summed E-state index contributed by atoms with van der Waals surface area (Å²) in [5.74, 6) is 0.164. The Hall–Kier alpha value is -3.00. The Morgan fingerprint density at radius 3 is 1.81 bits per heavy atom. The molecule has 1 fully saturated rings. The fraction of sp³-hybridized carbons (Fsp3) is 0.600. The van der Waals surface area contributed by atoms with E-state index in [0.717, 1.165) is 34.9 Å². The maximum atomic E-state index is 13.3. The smallest absolute Gasteiger partial charge is 0.324 e. The van der Waals surface area contributed by atoms with Crippen LogP contribution < -0.4 is 10.2 Å². The molecule has 276 valence electrons. The maximum absolute atomic E-state index is 13.3. The van der Waals surface area contributed by atoms with Crippen molar-refractivity contribution in [1.82, 2.24) is 10.2 Å². The van der Waals surface area contributed by atoms with Gasteiger partial charge >= 0.3 is 6.03 Å². The molecule has 2 aromatic rings. The first-order valence-electron chi connectivity index (χ1n) is 18.3. The van der Waals surface area contributed by atoms with Crippen molar-refractivity contribution in [2.45, 2.75) is 135 Å². The topological polar surface area (TPSA) is 86.8 Å². The number of benzene rings is 2. The van der Waals surface area contributed by atoms with E-state index in [9.17, 15) is 19.2 Å². The van der Waals surface area contributed by atoms with Crippen molar-refractivity contribution < 1.29 is 19.2 Å². The molecule has 3 amide bonds. The number of amides is 3. The molecule has 7 nitrogen and oxygen atoms in total. The van der Waals surface area contributed by atoms with E-state index in [4.69, 9.17) is 0 Å². The Kier molecular flexibility index (Phi) is 39.8. The second kappa shape index (κ2) is 36.8. The van der Waals surface area contributed by atoms with Gasteiger partial charge in [-0.25, -0.2) is 4.79 Å². The molecule has 0 bridgehead atoms. The minimum atomic E-state index is -0.122. The van der Waals surface area contributed by atoms with Crippen LogP contribution in [0.15, 0.2) is 53.0 Å². The van der Waals surface area contributed by atoms with E-state index >= 15 is 0 Å². The molecule has 0 saturated carbocycles. The molecule has 1 aliphatic heterocycles. The molecular weight excluding hydrogens is 666 g/mol. The first-order chi connectivity index (χ1) is 23.2. The summed E-state index contributed by atoms with van der Waals surface area (Å²) < 4.78 is 0.935. The van der Waals surface area contributed by atoms with Crippen molar-refractivity contribution in [2.75, 3.05) is 24.5 Å². The molecule has 1 aliphatic rings. The molecule has 0 spiro atoms. The molecule has 0 aliphatic carbocycles. The minimum Gasteiger partial charge on any atom is -0.352 e. The van der Waals surface area contributed by atoms with Gasteiger partial charge in [-0.3, -0.25) is 9.69 Å². The predicted octanol–water partition coefficient (Wildman–Crippen LogP) is 11.5. The number of ketones is 1. The summed E-state index contributed by atoms with van der Waals surface area (Å²) in [6.07, 6.45) is 6.53. The summed E-state index contributed by atoms with van der Waals surface area (Å²) in [4.78, 5) is 50.4. The van der Waals surface area contributed by atoms with Gasteiger partial charge in [0.15, 0.2) is 0 Å². The van der Waals surface area contributed by atoms with Crippen molar-refractivity contribution in [1.29, 1.82) is 0 Å². The highest BCUT2D eigenvalue weighted by Crippen LogP contribution is 2.27. The van der Waals surface area contributed by atoms with E-state index < -0.39 is 0 Å². The van der Waals surface area contributed by atoms with Gasteiger partial charge in [0.1, 0.15) is 12.1 Å². The number of urea groups is 1. The second-order valence-corrected chi connectivity index (χ2v) is 10.8. The normalized spacial score (nSPS) is 12.5. The first-order valence-corrected chi connectivity index (χ1v) is 19.1. The van der Waals surface area contributed by atoms with Crippen molar-refractivity contribution in [3.8, 4) is 0 Å². The quantitative estimate of drug-likeness (QED) is 0.184. The number of carbonyl (C=O) groups excluding carboxylic acids is 4. The molecule has 1 N–H and O–H groups in total. The van der Waals surface area contributed by atoms with E-state index in [-0.39, 0.29) is 23.6 Å². The van der Waals surface area contributed by atoms with Gasteiger partial charge in [-0.1, -0.05) is 136 Å². The fourth-order valence-corrected chi connectivity index (χ4v) is 4.03. The predicted molar refractivity (Wildman–Crippen MR) is 212 cm³/mol. The van der Waals surface area contributed by atoms with Crippen LogP contribution in [0.5, 0.6) is 0 Å². The summed E-state index contributed by atoms with van der Waals surface area (Å²) in [5.41, 5.74) is 2.17. The molecule has 3 rings (SSSR count). The number of hydrogen-bond acceptors (Lipinski definition) is 4. The number of unbranched alkanes of at least 4 members (excludes halogenated alkanes) is 2. The monoisotopic (exact) mass is 735 g/mol. The van der Waals surface area contributed by atoms with Crippen LogP contribution in [0.3, 0.4) is 0 Å². The van der Waals surface area contributed by atoms with E-state index in [0.29, 0.717) is 44.6 Å². The van der Waals surface area contributed by atoms with Crippen molar-refractivity contribution in [2.24, 2.45) is 5.92 Å². The zero-order valence-electron chi connectivity index (χ0n) is 32.7. The summed E-state index contributed by atoms with van der Waals surface area (Å²) in [7, 11) is 0. The zero-order valence-corrected chi connectivity index (χ0v) is 34.3. The molecule has 2 aromatic carbocycles. The van der Waals surface area contributed by atoms with E-state index in [1.54, 1.807) is 22.8 Å². The van der Waals surface area contributed by atoms with Crippen LogP contribution in [-0.2, 0) is 16.1 Å². The average molecular weight is 737 g/mol. The fourth-order valence-electron chi connectivity index (χ4n) is 3.77. The molecule has 48 heavy (non-hydrogen) atoms. The standard InChI is InChI=1S/C24H28BrN3O3.C4H8O.C4H10.4C2H6/c1-2-3-13-26-23(30)22-7-5-4-6-19(22)17-27-15-18(12-14-29)16-28(24(27)31)21-10-8-20(25)9-11-21;1-3-4(2)5;1-3-4-2;4*1-2/h4-11,14,18H,2-3,12-13,15-17H2,1H3,(H,26,30);3H2,1-2H3;3-4H2,1-2H3;4*1-2H3. The average Bonchev–Trinajstić information content (AvgIpc) is 3.14. The highest BCUT2D eigenvalue weighted by Gasteiger charge is 2.33. The Morgan fingerprint density at radius 1 is 0.833 bits per heavy atom. The van der Waals surface area contributed by atoms with Gasteiger partial charge in [0, 0.05) is 60.7 Å². The van der Waals surface area contributed by atoms with Gasteiger partial charge in [-0.05, 0) is 49.2 Å². The lowest BCUT2D eigenvalue weighted by molar-refractivity contribution is -0.116. The summed E-state index contributed by atoms with van der Waals surface area (Å²) in [6, 6.07) is 14.8. The van der Waals surface area contributed by atoms with Crippen LogP contribution in [0.25, 0.3) is 0 Å². The third-order valence-corrected chi connectivity index (χ3v) is 6.95. The zero-order chi connectivity index (χ0) is 37.9. The lowest BCUT2D eigenvalue weighted by Gasteiger charge is -2.40. The van der Waals surface area contributed by atoms with Crippen LogP contribution in [0, 0.1) is 5.92 Å². The van der Waals surface area contributed by atoms with Crippen LogP contribution in [0.1, 0.15) is 144 Å². The van der Waals surface area contributed by atoms with Crippen molar-refractivity contribution in [3.63, 3.8) is 0 Å². The molecule has 8 heteroatoms. The SMILES string of the molecule is CC.CC.CC.CC.CCC(C)=O.CCCC.CCCCNC(=O)c1ccccc1CN1CC(CC=O)CN(c2ccc(Br)cc2)C1=O. The molecule has 1 saturated heterocycles. The van der Waals surface area contributed by atoms with Gasteiger partial charge in [-0.2, -0.15) is 0 Å². The highest BCUT2D eigenvalue weighted by molar-refractivity contribution is 9.10. The third kappa shape index (κ3) is 23.3. The Labute approximate surface area is 303 Å². The van der Waals surface area contributed by atoms with Crippen LogP contribution in [-0.4, -0.2) is 48.5 Å². The third-order valence-electron chi connectivity index (χ3n) is 6.43. The summed E-state index contributed by atoms with van der Waals surface area (Å²) >= 11 is 3.42. The lowest BCUT2D eigenvalue weighted by Crippen LogP contribution is -2.53.